The molecule has 1 heterocycles. The Morgan fingerprint density at radius 1 is 0.596 bits per heavy atom. The van der Waals surface area contributed by atoms with Gasteiger partial charge in [0, 0.05) is 0 Å². The van der Waals surface area contributed by atoms with Gasteiger partial charge in [-0.1, -0.05) is 152 Å². The van der Waals surface area contributed by atoms with Crippen molar-refractivity contribution in [3.63, 3.8) is 0 Å². The minimum absolute atomic E-state index is 0.113. The van der Waals surface area contributed by atoms with E-state index in [1.165, 1.54) is 71.2 Å². The second-order valence-corrected chi connectivity index (χ2v) is 17.5. The smallest absolute Gasteiger partial charge is 0.0920 e. The molecule has 0 N–H and O–H groups in total. The molecule has 0 spiro atoms. The molecule has 0 atom stereocenters. The molecule has 0 aromatic heterocycles. The molecule has 0 saturated heterocycles. The second kappa shape index (κ2) is 15.2. The average Bonchev–Trinajstić information content (AvgIpc) is 3.72. The molecule has 0 nitrogen and oxygen atoms in total. The summed E-state index contributed by atoms with van der Waals surface area (Å²) in [5.74, 6) is 0. The minimum atomic E-state index is -0.826. The zero-order valence-corrected chi connectivity index (χ0v) is 31.7. The Labute approximate surface area is 300 Å². The SMILES string of the molecule is CC(C)(C)c1cc2c(-c3ccccc3-c3ccccc3)c(-c3ccccc3)ccc2[cH-]1.[Cl][Zr+2][Cl].[c-]1cccc2c1[Si]c1ccccc1-2. The van der Waals surface area contributed by atoms with E-state index in [9.17, 15) is 0 Å². The summed E-state index contributed by atoms with van der Waals surface area (Å²) in [6.45, 7) is 6.87. The maximum absolute atomic E-state index is 4.93. The Balaban J connectivity index is 0.000000199. The third-order valence-electron chi connectivity index (χ3n) is 8.46. The normalized spacial score (nSPS) is 11.3. The van der Waals surface area contributed by atoms with Gasteiger partial charge in [-0.2, -0.15) is 35.5 Å². The Morgan fingerprint density at radius 3 is 1.81 bits per heavy atom. The summed E-state index contributed by atoms with van der Waals surface area (Å²) in [7, 11) is 10.7. The van der Waals surface area contributed by atoms with E-state index in [2.05, 4.69) is 172 Å². The standard InChI is InChI=1S/C31H27.C12H7Si.2ClH.Zr/c1-31(2,3)25-20-24-18-19-27(23-14-8-5-9-15-23)30(29(24)21-25)28-17-11-10-16-26(28)22-12-6-4-7-13-22;1-3-7-11-9(5-1)10-6-2-4-8-12(10)13-11;;;/h4-21H,1-3H3;1-7H;2*1H;/q2*-1;;;+4/p-2. The Hall–Kier alpha value is -3.39. The summed E-state index contributed by atoms with van der Waals surface area (Å²) < 4.78 is 0. The third kappa shape index (κ3) is 7.53. The molecule has 1 aliphatic heterocycles. The van der Waals surface area contributed by atoms with Gasteiger partial charge in [-0.15, -0.1) is 34.0 Å². The van der Waals surface area contributed by atoms with Gasteiger partial charge in [0.15, 0.2) is 0 Å². The topological polar surface area (TPSA) is 0 Å². The summed E-state index contributed by atoms with van der Waals surface area (Å²) in [6, 6.07) is 57.8. The molecule has 0 unspecified atom stereocenters. The first kappa shape index (κ1) is 33.5. The second-order valence-electron chi connectivity index (χ2n) is 12.5. The van der Waals surface area contributed by atoms with Crippen LogP contribution in [-0.2, 0) is 26.3 Å². The van der Waals surface area contributed by atoms with Crippen LogP contribution in [0.15, 0.2) is 152 Å². The Kier molecular flexibility index (Phi) is 10.9. The van der Waals surface area contributed by atoms with E-state index in [1.807, 2.05) is 6.07 Å². The molecular weight excluding hydrogens is 707 g/mol. The molecule has 0 aliphatic carbocycles. The molecule has 4 heteroatoms. The Bertz CT molecular complexity index is 2050. The van der Waals surface area contributed by atoms with Crippen molar-refractivity contribution < 1.29 is 20.8 Å². The first-order valence-corrected chi connectivity index (χ1v) is 23.0. The molecule has 0 bridgehead atoms. The van der Waals surface area contributed by atoms with Crippen LogP contribution < -0.4 is 10.4 Å². The van der Waals surface area contributed by atoms with Gasteiger partial charge in [-0.05, 0) is 33.2 Å². The van der Waals surface area contributed by atoms with Crippen LogP contribution in [0.1, 0.15) is 26.3 Å². The van der Waals surface area contributed by atoms with E-state index < -0.39 is 20.8 Å². The fourth-order valence-electron chi connectivity index (χ4n) is 6.16. The van der Waals surface area contributed by atoms with Crippen molar-refractivity contribution in [3.05, 3.63) is 163 Å². The molecule has 0 saturated carbocycles. The molecule has 8 rings (SSSR count). The van der Waals surface area contributed by atoms with Crippen LogP contribution in [0.3, 0.4) is 0 Å². The number of halogens is 2. The van der Waals surface area contributed by atoms with E-state index in [0.29, 0.717) is 0 Å². The van der Waals surface area contributed by atoms with Crippen LogP contribution >= 0.6 is 17.0 Å². The van der Waals surface area contributed by atoms with E-state index in [4.69, 9.17) is 17.0 Å². The van der Waals surface area contributed by atoms with Crippen molar-refractivity contribution in [1.29, 1.82) is 0 Å². The fraction of sp³-hybridized carbons (Fsp3) is 0.0930. The minimum Gasteiger partial charge on any atom is -0.184 e. The van der Waals surface area contributed by atoms with E-state index >= 15 is 0 Å². The number of hydrogen-bond acceptors (Lipinski definition) is 0. The average molecular weight is 741 g/mol. The van der Waals surface area contributed by atoms with Crippen LogP contribution in [0.25, 0.3) is 55.3 Å². The molecule has 0 fully saturated rings. The molecule has 47 heavy (non-hydrogen) atoms. The van der Waals surface area contributed by atoms with Gasteiger partial charge in [-0.25, -0.2) is 0 Å². The van der Waals surface area contributed by atoms with Gasteiger partial charge >= 0.3 is 37.9 Å². The van der Waals surface area contributed by atoms with E-state index in [-0.39, 0.29) is 5.41 Å². The summed E-state index contributed by atoms with van der Waals surface area (Å²) in [4.78, 5) is 0. The molecule has 7 aromatic carbocycles. The van der Waals surface area contributed by atoms with Crippen molar-refractivity contribution in [2.24, 2.45) is 0 Å². The molecule has 228 valence electrons. The van der Waals surface area contributed by atoms with Gasteiger partial charge in [0.1, 0.15) is 0 Å². The monoisotopic (exact) mass is 738 g/mol. The fourth-order valence-corrected chi connectivity index (χ4v) is 7.47. The summed E-state index contributed by atoms with van der Waals surface area (Å²) >= 11 is -0.826. The van der Waals surface area contributed by atoms with Crippen LogP contribution in [0.5, 0.6) is 0 Å². The van der Waals surface area contributed by atoms with Gasteiger partial charge < -0.3 is 0 Å². The van der Waals surface area contributed by atoms with Crippen molar-refractivity contribution >= 4 is 47.7 Å². The number of hydrogen-bond donors (Lipinski definition) is 0. The third-order valence-corrected chi connectivity index (χ3v) is 9.82. The van der Waals surface area contributed by atoms with Crippen molar-refractivity contribution in [2.45, 2.75) is 26.2 Å². The molecule has 2 radical (unpaired) electrons. The number of fused-ring (bicyclic) bond motifs is 4. The van der Waals surface area contributed by atoms with Gasteiger partial charge in [0.25, 0.3) is 0 Å². The van der Waals surface area contributed by atoms with Gasteiger partial charge in [0.2, 0.25) is 0 Å². The first-order valence-electron chi connectivity index (χ1n) is 15.7. The van der Waals surface area contributed by atoms with Crippen molar-refractivity contribution in [3.8, 4) is 44.5 Å². The predicted molar refractivity (Wildman–Crippen MR) is 202 cm³/mol. The summed E-state index contributed by atoms with van der Waals surface area (Å²) in [5, 5.41) is 5.46. The van der Waals surface area contributed by atoms with E-state index in [0.717, 1.165) is 9.52 Å². The summed E-state index contributed by atoms with van der Waals surface area (Å²) in [6.07, 6.45) is 0. The zero-order chi connectivity index (χ0) is 32.8. The summed E-state index contributed by atoms with van der Waals surface area (Å²) in [5.41, 5.74) is 11.9. The maximum atomic E-state index is 4.93. The quantitative estimate of drug-likeness (QED) is 0.125. The Morgan fingerprint density at radius 2 is 1.15 bits per heavy atom. The van der Waals surface area contributed by atoms with Crippen LogP contribution in [0, 0.1) is 6.07 Å². The first-order chi connectivity index (χ1) is 22.9. The predicted octanol–water partition coefficient (Wildman–Crippen LogP) is 11.4. The maximum Gasteiger partial charge on any atom is 0.0920 e. The van der Waals surface area contributed by atoms with Gasteiger partial charge in [0.05, 0.1) is 9.52 Å². The van der Waals surface area contributed by atoms with Crippen LogP contribution in [0.2, 0.25) is 0 Å². The number of benzene rings is 6. The largest absolute Gasteiger partial charge is 0.184 e. The molecule has 1 aliphatic rings. The van der Waals surface area contributed by atoms with Crippen molar-refractivity contribution in [1.82, 2.24) is 0 Å². The zero-order valence-electron chi connectivity index (χ0n) is 26.7. The molecule has 7 aromatic rings. The van der Waals surface area contributed by atoms with Crippen LogP contribution in [0.4, 0.5) is 0 Å². The molecule has 0 amide bonds. The van der Waals surface area contributed by atoms with E-state index in [1.54, 1.807) is 0 Å². The van der Waals surface area contributed by atoms with Crippen LogP contribution in [-0.4, -0.2) is 9.52 Å². The molecular formula is C43H34Cl2SiZr. The van der Waals surface area contributed by atoms with Gasteiger partial charge in [-0.3, -0.25) is 0 Å². The number of rotatable bonds is 3. The van der Waals surface area contributed by atoms with Crippen molar-refractivity contribution in [2.75, 3.05) is 0 Å².